The molecule has 1 amide bonds. The molecule has 1 aliphatic heterocycles. The molecule has 0 fully saturated rings. The average Bonchev–Trinajstić information content (AvgIpc) is 3.22. The highest BCUT2D eigenvalue weighted by molar-refractivity contribution is 5.95. The van der Waals surface area contributed by atoms with Crippen LogP contribution in [-0.4, -0.2) is 11.1 Å². The van der Waals surface area contributed by atoms with Gasteiger partial charge in [-0.2, -0.15) is 0 Å². The van der Waals surface area contributed by atoms with Gasteiger partial charge in [0.2, 0.25) is 0 Å². The van der Waals surface area contributed by atoms with Crippen LogP contribution in [0.2, 0.25) is 0 Å². The molecule has 23 heavy (non-hydrogen) atoms. The fourth-order valence-electron chi connectivity index (χ4n) is 2.59. The number of aryl methyl sites for hydroxylation is 1. The number of furan rings is 1. The standard InChI is InChI=1S/C17H14N2O4/c1-10-4-5-14-12(7-10)16-13(9-22-14)15(19-23-16)17(20)18-8-11-3-2-6-21-11/h2-7H,8-9H2,1H3,(H,18,20). The lowest BCUT2D eigenvalue weighted by Crippen LogP contribution is -2.24. The summed E-state index contributed by atoms with van der Waals surface area (Å²) in [6.45, 7) is 2.55. The van der Waals surface area contributed by atoms with E-state index in [0.29, 0.717) is 23.6 Å². The van der Waals surface area contributed by atoms with E-state index in [0.717, 1.165) is 16.9 Å². The van der Waals surface area contributed by atoms with Crippen LogP contribution in [0.3, 0.4) is 0 Å². The monoisotopic (exact) mass is 310 g/mol. The van der Waals surface area contributed by atoms with Crippen LogP contribution in [0.1, 0.15) is 27.4 Å². The van der Waals surface area contributed by atoms with Gasteiger partial charge in [0, 0.05) is 0 Å². The Morgan fingerprint density at radius 1 is 1.35 bits per heavy atom. The Morgan fingerprint density at radius 2 is 2.26 bits per heavy atom. The predicted molar refractivity (Wildman–Crippen MR) is 80.9 cm³/mol. The summed E-state index contributed by atoms with van der Waals surface area (Å²) in [6.07, 6.45) is 1.56. The Morgan fingerprint density at radius 3 is 3.09 bits per heavy atom. The number of rotatable bonds is 3. The Kier molecular flexibility index (Phi) is 3.15. The number of carbonyl (C=O) groups excluding carboxylic acids is 1. The minimum absolute atomic E-state index is 0.249. The van der Waals surface area contributed by atoms with E-state index >= 15 is 0 Å². The van der Waals surface area contributed by atoms with Gasteiger partial charge in [-0.1, -0.05) is 16.8 Å². The van der Waals surface area contributed by atoms with Gasteiger partial charge in [-0.3, -0.25) is 4.79 Å². The van der Waals surface area contributed by atoms with Crippen LogP contribution in [-0.2, 0) is 13.2 Å². The maximum Gasteiger partial charge on any atom is 0.274 e. The summed E-state index contributed by atoms with van der Waals surface area (Å²) in [4.78, 5) is 12.3. The number of fused-ring (bicyclic) bond motifs is 3. The van der Waals surface area contributed by atoms with E-state index in [1.54, 1.807) is 18.4 Å². The molecule has 6 nitrogen and oxygen atoms in total. The van der Waals surface area contributed by atoms with Gasteiger partial charge in [-0.05, 0) is 31.2 Å². The number of aromatic nitrogens is 1. The topological polar surface area (TPSA) is 77.5 Å². The maximum atomic E-state index is 12.3. The van der Waals surface area contributed by atoms with Crippen LogP contribution >= 0.6 is 0 Å². The third kappa shape index (κ3) is 2.38. The number of carbonyl (C=O) groups is 1. The Labute approximate surface area is 132 Å². The fourth-order valence-corrected chi connectivity index (χ4v) is 2.59. The lowest BCUT2D eigenvalue weighted by atomic mass is 10.0. The van der Waals surface area contributed by atoms with Crippen LogP contribution in [0.4, 0.5) is 0 Å². The molecule has 6 heteroatoms. The lowest BCUT2D eigenvalue weighted by Gasteiger charge is -2.16. The van der Waals surface area contributed by atoms with E-state index in [9.17, 15) is 4.79 Å². The minimum Gasteiger partial charge on any atom is -0.488 e. The number of nitrogens with one attached hydrogen (secondary N) is 1. The smallest absolute Gasteiger partial charge is 0.274 e. The molecule has 1 aromatic carbocycles. The summed E-state index contributed by atoms with van der Waals surface area (Å²) < 4.78 is 16.3. The molecule has 2 aromatic heterocycles. The molecule has 3 aromatic rings. The molecule has 0 saturated carbocycles. The van der Waals surface area contributed by atoms with Crippen LogP contribution in [0.5, 0.6) is 5.75 Å². The molecule has 0 unspecified atom stereocenters. The molecule has 0 aliphatic carbocycles. The molecule has 3 heterocycles. The lowest BCUT2D eigenvalue weighted by molar-refractivity contribution is 0.0937. The number of hydrogen-bond donors (Lipinski definition) is 1. The predicted octanol–water partition coefficient (Wildman–Crippen LogP) is 3.07. The van der Waals surface area contributed by atoms with Crippen molar-refractivity contribution >= 4 is 5.91 Å². The first kappa shape index (κ1) is 13.6. The van der Waals surface area contributed by atoms with E-state index in [4.69, 9.17) is 13.7 Å². The first-order valence-corrected chi connectivity index (χ1v) is 7.25. The van der Waals surface area contributed by atoms with Crippen molar-refractivity contribution < 1.29 is 18.5 Å². The van der Waals surface area contributed by atoms with Crippen molar-refractivity contribution in [3.8, 4) is 17.1 Å². The second-order valence-corrected chi connectivity index (χ2v) is 5.39. The van der Waals surface area contributed by atoms with Crippen molar-refractivity contribution in [3.05, 3.63) is 59.2 Å². The van der Waals surface area contributed by atoms with Gasteiger partial charge in [-0.25, -0.2) is 0 Å². The average molecular weight is 310 g/mol. The highest BCUT2D eigenvalue weighted by Gasteiger charge is 2.28. The second-order valence-electron chi connectivity index (χ2n) is 5.39. The molecule has 0 bridgehead atoms. The molecule has 0 saturated heterocycles. The SMILES string of the molecule is Cc1ccc2c(c1)-c1onc(C(=O)NCc3ccco3)c1CO2. The molecular formula is C17H14N2O4. The van der Waals surface area contributed by atoms with E-state index in [-0.39, 0.29) is 18.2 Å². The van der Waals surface area contributed by atoms with Gasteiger partial charge in [0.15, 0.2) is 11.5 Å². The van der Waals surface area contributed by atoms with Crippen molar-refractivity contribution in [2.24, 2.45) is 0 Å². The van der Waals surface area contributed by atoms with Crippen molar-refractivity contribution in [2.75, 3.05) is 0 Å². The number of ether oxygens (including phenoxy) is 1. The number of amides is 1. The molecule has 0 atom stereocenters. The third-order valence-corrected chi connectivity index (χ3v) is 3.76. The normalized spacial score (nSPS) is 12.2. The van der Waals surface area contributed by atoms with Gasteiger partial charge in [0.1, 0.15) is 18.1 Å². The largest absolute Gasteiger partial charge is 0.488 e. The third-order valence-electron chi connectivity index (χ3n) is 3.76. The van der Waals surface area contributed by atoms with Crippen LogP contribution in [0, 0.1) is 6.92 Å². The number of nitrogens with zero attached hydrogens (tertiary/aromatic N) is 1. The number of hydrogen-bond acceptors (Lipinski definition) is 5. The van der Waals surface area contributed by atoms with Gasteiger partial charge in [0.25, 0.3) is 5.91 Å². The molecule has 116 valence electrons. The van der Waals surface area contributed by atoms with Crippen molar-refractivity contribution in [1.29, 1.82) is 0 Å². The van der Waals surface area contributed by atoms with Crippen LogP contribution < -0.4 is 10.1 Å². The summed E-state index contributed by atoms with van der Waals surface area (Å²) in [5.74, 6) is 1.69. The number of benzene rings is 1. The summed E-state index contributed by atoms with van der Waals surface area (Å²) in [5, 5.41) is 6.69. The van der Waals surface area contributed by atoms with Crippen molar-refractivity contribution in [2.45, 2.75) is 20.1 Å². The van der Waals surface area contributed by atoms with Crippen molar-refractivity contribution in [1.82, 2.24) is 10.5 Å². The van der Waals surface area contributed by atoms with Gasteiger partial charge >= 0.3 is 0 Å². The highest BCUT2D eigenvalue weighted by Crippen LogP contribution is 2.39. The second kappa shape index (κ2) is 5.31. The molecule has 0 spiro atoms. The van der Waals surface area contributed by atoms with Gasteiger partial charge < -0.3 is 19.0 Å². The van der Waals surface area contributed by atoms with Crippen LogP contribution in [0.15, 0.2) is 45.5 Å². The maximum absolute atomic E-state index is 12.3. The Hall–Kier alpha value is -3.02. The van der Waals surface area contributed by atoms with Gasteiger partial charge in [-0.15, -0.1) is 0 Å². The van der Waals surface area contributed by atoms with E-state index in [2.05, 4.69) is 10.5 Å². The minimum atomic E-state index is -0.314. The molecular weight excluding hydrogens is 296 g/mol. The van der Waals surface area contributed by atoms with E-state index in [1.807, 2.05) is 25.1 Å². The first-order chi connectivity index (χ1) is 11.2. The van der Waals surface area contributed by atoms with E-state index in [1.165, 1.54) is 0 Å². The molecule has 4 rings (SSSR count). The zero-order chi connectivity index (χ0) is 15.8. The fraction of sp³-hybridized carbons (Fsp3) is 0.176. The Balaban J connectivity index is 1.62. The zero-order valence-electron chi connectivity index (χ0n) is 12.5. The quantitative estimate of drug-likeness (QED) is 0.804. The summed E-state index contributed by atoms with van der Waals surface area (Å²) in [6, 6.07) is 9.39. The summed E-state index contributed by atoms with van der Waals surface area (Å²) in [5.41, 5.74) is 2.82. The Bertz CT molecular complexity index is 865. The summed E-state index contributed by atoms with van der Waals surface area (Å²) in [7, 11) is 0. The van der Waals surface area contributed by atoms with Crippen LogP contribution in [0.25, 0.3) is 11.3 Å². The van der Waals surface area contributed by atoms with E-state index < -0.39 is 0 Å². The van der Waals surface area contributed by atoms with Gasteiger partial charge in [0.05, 0.1) is 23.9 Å². The molecule has 1 N–H and O–H groups in total. The molecule has 0 radical (unpaired) electrons. The summed E-state index contributed by atoms with van der Waals surface area (Å²) >= 11 is 0. The van der Waals surface area contributed by atoms with Crippen molar-refractivity contribution in [3.63, 3.8) is 0 Å². The first-order valence-electron chi connectivity index (χ1n) is 7.25. The molecule has 1 aliphatic rings. The zero-order valence-corrected chi connectivity index (χ0v) is 12.5. The highest BCUT2D eigenvalue weighted by atomic mass is 16.5.